The Balaban J connectivity index is 2.27. The monoisotopic (exact) mass is 303 g/mol. The zero-order chi connectivity index (χ0) is 11.7. The average molecular weight is 304 g/mol. The third-order valence-electron chi connectivity index (χ3n) is 3.06. The maximum atomic E-state index is 6.38. The van der Waals surface area contributed by atoms with E-state index in [1.807, 2.05) is 22.6 Å². The smallest absolute Gasteiger partial charge is 0.0699 e. The normalized spacial score (nSPS) is 22.9. The van der Waals surface area contributed by atoms with Gasteiger partial charge in [0.25, 0.3) is 0 Å². The number of hydrogen-bond donors (Lipinski definition) is 1. The maximum absolute atomic E-state index is 6.38. The number of nitrogens with two attached hydrogens (primary N) is 1. The van der Waals surface area contributed by atoms with Crippen molar-refractivity contribution in [3.8, 4) is 0 Å². The molecule has 2 unspecified atom stereocenters. The summed E-state index contributed by atoms with van der Waals surface area (Å²) in [5.74, 6) is 3.01. The van der Waals surface area contributed by atoms with Gasteiger partial charge in [-0.15, -0.1) is 0 Å². The first-order valence-corrected chi connectivity index (χ1v) is 7.62. The standard InChI is InChI=1S/C11H18BrN3S/c1-7(2)15-11(9(12)5-14-15)10(13)8-3-4-16-6-8/h5,7-8,10H,3-4,6,13H2,1-2H3. The summed E-state index contributed by atoms with van der Waals surface area (Å²) in [5, 5.41) is 4.39. The molecule has 0 amide bonds. The molecule has 90 valence electrons. The molecule has 1 aromatic rings. The highest BCUT2D eigenvalue weighted by Gasteiger charge is 2.28. The van der Waals surface area contributed by atoms with E-state index in [1.54, 1.807) is 0 Å². The largest absolute Gasteiger partial charge is 0.322 e. The van der Waals surface area contributed by atoms with Crippen molar-refractivity contribution in [1.82, 2.24) is 9.78 Å². The minimum Gasteiger partial charge on any atom is -0.322 e. The summed E-state index contributed by atoms with van der Waals surface area (Å²) in [6.45, 7) is 4.28. The summed E-state index contributed by atoms with van der Waals surface area (Å²) < 4.78 is 3.09. The van der Waals surface area contributed by atoms with E-state index in [1.165, 1.54) is 17.9 Å². The molecule has 1 saturated heterocycles. The molecule has 2 rings (SSSR count). The highest BCUT2D eigenvalue weighted by Crippen LogP contribution is 2.36. The van der Waals surface area contributed by atoms with Crippen LogP contribution in [0.4, 0.5) is 0 Å². The van der Waals surface area contributed by atoms with Crippen LogP contribution in [0.3, 0.4) is 0 Å². The van der Waals surface area contributed by atoms with Gasteiger partial charge in [0.2, 0.25) is 0 Å². The predicted octanol–water partition coefficient (Wildman–Crippen LogP) is 2.98. The van der Waals surface area contributed by atoms with Gasteiger partial charge in [0, 0.05) is 6.04 Å². The fourth-order valence-electron chi connectivity index (χ4n) is 2.13. The molecule has 0 spiro atoms. The van der Waals surface area contributed by atoms with Crippen LogP contribution in [0.15, 0.2) is 10.7 Å². The summed E-state index contributed by atoms with van der Waals surface area (Å²) in [7, 11) is 0. The molecule has 0 bridgehead atoms. The predicted molar refractivity (Wildman–Crippen MR) is 72.7 cm³/mol. The van der Waals surface area contributed by atoms with Gasteiger partial charge in [0.15, 0.2) is 0 Å². The minimum atomic E-state index is 0.106. The van der Waals surface area contributed by atoms with Crippen molar-refractivity contribution in [1.29, 1.82) is 0 Å². The third-order valence-corrected chi connectivity index (χ3v) is 4.86. The molecule has 3 nitrogen and oxygen atoms in total. The number of halogens is 1. The van der Waals surface area contributed by atoms with Gasteiger partial charge in [-0.25, -0.2) is 0 Å². The van der Waals surface area contributed by atoms with E-state index in [0.29, 0.717) is 12.0 Å². The second-order valence-electron chi connectivity index (χ2n) is 4.57. The van der Waals surface area contributed by atoms with E-state index >= 15 is 0 Å². The van der Waals surface area contributed by atoms with E-state index in [9.17, 15) is 0 Å². The Hall–Kier alpha value is -0.0000000000000000555. The van der Waals surface area contributed by atoms with Gasteiger partial charge in [-0.05, 0) is 53.6 Å². The van der Waals surface area contributed by atoms with Crippen LogP contribution in [-0.4, -0.2) is 21.3 Å². The summed E-state index contributed by atoms with van der Waals surface area (Å²) in [6, 6.07) is 0.468. The van der Waals surface area contributed by atoms with Crippen LogP contribution in [-0.2, 0) is 0 Å². The van der Waals surface area contributed by atoms with Crippen LogP contribution in [0.2, 0.25) is 0 Å². The molecule has 2 heterocycles. The zero-order valence-corrected chi connectivity index (χ0v) is 12.1. The van der Waals surface area contributed by atoms with Gasteiger partial charge < -0.3 is 5.73 Å². The van der Waals surface area contributed by atoms with Crippen molar-refractivity contribution in [2.24, 2.45) is 11.7 Å². The lowest BCUT2D eigenvalue weighted by Crippen LogP contribution is -2.25. The van der Waals surface area contributed by atoms with Crippen molar-refractivity contribution in [2.45, 2.75) is 32.4 Å². The number of hydrogen-bond acceptors (Lipinski definition) is 3. The number of rotatable bonds is 3. The molecular weight excluding hydrogens is 286 g/mol. The molecular formula is C11H18BrN3S. The fourth-order valence-corrected chi connectivity index (χ4v) is 3.98. The van der Waals surface area contributed by atoms with Gasteiger partial charge in [-0.3, -0.25) is 4.68 Å². The van der Waals surface area contributed by atoms with Crippen LogP contribution in [0.1, 0.15) is 38.0 Å². The van der Waals surface area contributed by atoms with Crippen molar-refractivity contribution in [3.63, 3.8) is 0 Å². The first-order chi connectivity index (χ1) is 7.61. The van der Waals surface area contributed by atoms with Crippen molar-refractivity contribution < 1.29 is 0 Å². The summed E-state index contributed by atoms with van der Waals surface area (Å²) >= 11 is 5.57. The average Bonchev–Trinajstić information content (AvgIpc) is 2.84. The molecule has 1 aliphatic rings. The molecule has 1 aliphatic heterocycles. The van der Waals surface area contributed by atoms with Crippen molar-refractivity contribution in [2.75, 3.05) is 11.5 Å². The summed E-state index contributed by atoms with van der Waals surface area (Å²) in [6.07, 6.45) is 3.08. The quantitative estimate of drug-likeness (QED) is 0.933. The van der Waals surface area contributed by atoms with Crippen LogP contribution >= 0.6 is 27.7 Å². The molecule has 1 aromatic heterocycles. The van der Waals surface area contributed by atoms with Crippen LogP contribution < -0.4 is 5.73 Å². The molecule has 2 atom stereocenters. The Labute approximate surface area is 109 Å². The van der Waals surface area contributed by atoms with E-state index in [2.05, 4.69) is 34.9 Å². The maximum Gasteiger partial charge on any atom is 0.0699 e. The second-order valence-corrected chi connectivity index (χ2v) is 6.57. The number of thioether (sulfide) groups is 1. The van der Waals surface area contributed by atoms with Crippen molar-refractivity contribution in [3.05, 3.63) is 16.4 Å². The fraction of sp³-hybridized carbons (Fsp3) is 0.727. The van der Waals surface area contributed by atoms with Gasteiger partial charge in [0.1, 0.15) is 0 Å². The molecule has 16 heavy (non-hydrogen) atoms. The van der Waals surface area contributed by atoms with Crippen molar-refractivity contribution >= 4 is 27.7 Å². The highest BCUT2D eigenvalue weighted by atomic mass is 79.9. The van der Waals surface area contributed by atoms with Crippen LogP contribution in [0.25, 0.3) is 0 Å². The minimum absolute atomic E-state index is 0.106. The van der Waals surface area contributed by atoms with Gasteiger partial charge in [-0.1, -0.05) is 0 Å². The summed E-state index contributed by atoms with van der Waals surface area (Å²) in [5.41, 5.74) is 7.54. The van der Waals surface area contributed by atoms with Crippen LogP contribution in [0.5, 0.6) is 0 Å². The first kappa shape index (κ1) is 12.5. The molecule has 0 aliphatic carbocycles. The van der Waals surface area contributed by atoms with Crippen LogP contribution in [0, 0.1) is 5.92 Å². The number of aromatic nitrogens is 2. The molecule has 1 fully saturated rings. The molecule has 2 N–H and O–H groups in total. The van der Waals surface area contributed by atoms with E-state index in [-0.39, 0.29) is 6.04 Å². The number of nitrogens with zero attached hydrogens (tertiary/aromatic N) is 2. The Kier molecular flexibility index (Phi) is 3.97. The van der Waals surface area contributed by atoms with E-state index in [0.717, 1.165) is 10.2 Å². The summed E-state index contributed by atoms with van der Waals surface area (Å²) in [4.78, 5) is 0. The Morgan fingerprint density at radius 1 is 1.62 bits per heavy atom. The molecule has 5 heteroatoms. The SMILES string of the molecule is CC(C)n1ncc(Br)c1C(N)C1CCSC1. The lowest BCUT2D eigenvalue weighted by Gasteiger charge is -2.22. The van der Waals surface area contributed by atoms with E-state index in [4.69, 9.17) is 5.73 Å². The Morgan fingerprint density at radius 3 is 2.94 bits per heavy atom. The topological polar surface area (TPSA) is 43.8 Å². The first-order valence-electron chi connectivity index (χ1n) is 5.67. The highest BCUT2D eigenvalue weighted by molar-refractivity contribution is 9.10. The van der Waals surface area contributed by atoms with E-state index < -0.39 is 0 Å². The van der Waals surface area contributed by atoms with Gasteiger partial charge in [0.05, 0.1) is 22.4 Å². The van der Waals surface area contributed by atoms with Gasteiger partial charge in [-0.2, -0.15) is 16.9 Å². The lowest BCUT2D eigenvalue weighted by atomic mass is 9.97. The van der Waals surface area contributed by atoms with Gasteiger partial charge >= 0.3 is 0 Å². The molecule has 0 aromatic carbocycles. The molecule has 0 saturated carbocycles. The third kappa shape index (κ3) is 2.31. The molecule has 0 radical (unpaired) electrons. The second kappa shape index (κ2) is 5.10. The lowest BCUT2D eigenvalue weighted by molar-refractivity contribution is 0.418. The Morgan fingerprint density at radius 2 is 2.38 bits per heavy atom. The Bertz CT molecular complexity index is 358. The zero-order valence-electron chi connectivity index (χ0n) is 9.69.